The molecule has 0 bridgehead atoms. The van der Waals surface area contributed by atoms with Gasteiger partial charge in [0.1, 0.15) is 5.54 Å². The average molecular weight is 281 g/mol. The quantitative estimate of drug-likeness (QED) is 0.872. The SMILES string of the molecule is CC(N)(C(=O)O)c1ccccc1Br.Cl. The first kappa shape index (κ1) is 13.4. The van der Waals surface area contributed by atoms with Crippen LogP contribution in [0, 0.1) is 0 Å². The molecule has 1 rings (SSSR count). The van der Waals surface area contributed by atoms with Gasteiger partial charge in [-0.05, 0) is 18.6 Å². The topological polar surface area (TPSA) is 63.3 Å². The van der Waals surface area contributed by atoms with Crippen molar-refractivity contribution in [3.63, 3.8) is 0 Å². The van der Waals surface area contributed by atoms with Gasteiger partial charge in [0.2, 0.25) is 0 Å². The molecule has 0 aromatic heterocycles. The number of hydrogen-bond acceptors (Lipinski definition) is 2. The van der Waals surface area contributed by atoms with Gasteiger partial charge in [0, 0.05) is 4.47 Å². The maximum Gasteiger partial charge on any atom is 0.328 e. The fourth-order valence-electron chi connectivity index (χ4n) is 0.998. The zero-order chi connectivity index (χ0) is 10.1. The minimum absolute atomic E-state index is 0. The molecule has 0 aliphatic heterocycles. The lowest BCUT2D eigenvalue weighted by Crippen LogP contribution is -2.41. The highest BCUT2D eigenvalue weighted by Crippen LogP contribution is 2.26. The average Bonchev–Trinajstić information content (AvgIpc) is 2.04. The maximum absolute atomic E-state index is 10.8. The van der Waals surface area contributed by atoms with Crippen LogP contribution in [0.25, 0.3) is 0 Å². The summed E-state index contributed by atoms with van der Waals surface area (Å²) in [6.45, 7) is 1.47. The van der Waals surface area contributed by atoms with Crippen molar-refractivity contribution in [3.05, 3.63) is 34.3 Å². The van der Waals surface area contributed by atoms with E-state index in [1.165, 1.54) is 6.92 Å². The molecule has 0 aliphatic carbocycles. The fraction of sp³-hybridized carbons (Fsp3) is 0.222. The minimum Gasteiger partial charge on any atom is -0.480 e. The lowest BCUT2D eigenvalue weighted by atomic mass is 9.94. The third-order valence-corrected chi connectivity index (χ3v) is 2.57. The molecule has 3 nitrogen and oxygen atoms in total. The van der Waals surface area contributed by atoms with Gasteiger partial charge >= 0.3 is 5.97 Å². The molecule has 5 heteroatoms. The summed E-state index contributed by atoms with van der Waals surface area (Å²) in [6, 6.07) is 7.03. The van der Waals surface area contributed by atoms with E-state index in [2.05, 4.69) is 15.9 Å². The van der Waals surface area contributed by atoms with E-state index in [4.69, 9.17) is 10.8 Å². The molecule has 1 aromatic rings. The zero-order valence-corrected chi connectivity index (χ0v) is 9.93. The first-order chi connectivity index (χ1) is 5.96. The summed E-state index contributed by atoms with van der Waals surface area (Å²) in [5.74, 6) is -1.04. The second kappa shape index (κ2) is 4.77. The molecule has 0 saturated heterocycles. The van der Waals surface area contributed by atoms with Crippen LogP contribution in [0.2, 0.25) is 0 Å². The van der Waals surface area contributed by atoms with E-state index >= 15 is 0 Å². The molecule has 1 atom stereocenters. The van der Waals surface area contributed by atoms with Crippen molar-refractivity contribution in [1.29, 1.82) is 0 Å². The van der Waals surface area contributed by atoms with Crippen LogP contribution in [0.5, 0.6) is 0 Å². The highest BCUT2D eigenvalue weighted by Gasteiger charge is 2.31. The summed E-state index contributed by atoms with van der Waals surface area (Å²) in [5.41, 5.74) is 4.88. The van der Waals surface area contributed by atoms with Crippen molar-refractivity contribution in [3.8, 4) is 0 Å². The lowest BCUT2D eigenvalue weighted by Gasteiger charge is -2.20. The van der Waals surface area contributed by atoms with Crippen LogP contribution in [0.15, 0.2) is 28.7 Å². The second-order valence-electron chi connectivity index (χ2n) is 2.99. The molecule has 3 N–H and O–H groups in total. The molecule has 0 spiro atoms. The van der Waals surface area contributed by atoms with Crippen molar-refractivity contribution in [2.24, 2.45) is 5.73 Å². The standard InChI is InChI=1S/C9H10BrNO2.ClH/c1-9(11,8(12)13)6-4-2-3-5-7(6)10;/h2-5H,11H2,1H3,(H,12,13);1H. The van der Waals surface area contributed by atoms with Crippen LogP contribution in [-0.2, 0) is 10.3 Å². The number of halogens is 2. The summed E-state index contributed by atoms with van der Waals surface area (Å²) in [6.07, 6.45) is 0. The van der Waals surface area contributed by atoms with Crippen molar-refractivity contribution in [2.75, 3.05) is 0 Å². The third kappa shape index (κ3) is 2.47. The number of carbonyl (C=O) groups is 1. The fourth-order valence-corrected chi connectivity index (χ4v) is 1.69. The van der Waals surface area contributed by atoms with Gasteiger partial charge in [-0.1, -0.05) is 34.1 Å². The predicted molar refractivity (Wildman–Crippen MR) is 60.6 cm³/mol. The highest BCUT2D eigenvalue weighted by molar-refractivity contribution is 9.10. The number of carboxylic acid groups (broad SMARTS) is 1. The van der Waals surface area contributed by atoms with Crippen LogP contribution >= 0.6 is 28.3 Å². The molecule has 0 fully saturated rings. The molecule has 0 heterocycles. The first-order valence-electron chi connectivity index (χ1n) is 3.73. The second-order valence-corrected chi connectivity index (χ2v) is 3.84. The number of hydrogen-bond donors (Lipinski definition) is 2. The first-order valence-corrected chi connectivity index (χ1v) is 4.53. The Bertz CT molecular complexity index is 341. The van der Waals surface area contributed by atoms with Crippen LogP contribution < -0.4 is 5.73 Å². The smallest absolute Gasteiger partial charge is 0.328 e. The molecular weight excluding hydrogens is 269 g/mol. The lowest BCUT2D eigenvalue weighted by molar-refractivity contribution is -0.143. The maximum atomic E-state index is 10.8. The van der Waals surface area contributed by atoms with E-state index < -0.39 is 11.5 Å². The molecule has 1 aromatic carbocycles. The number of aliphatic carboxylic acids is 1. The van der Waals surface area contributed by atoms with E-state index in [-0.39, 0.29) is 12.4 Å². The van der Waals surface area contributed by atoms with Gasteiger partial charge in [-0.25, -0.2) is 4.79 Å². The molecule has 0 amide bonds. The number of carboxylic acids is 1. The number of benzene rings is 1. The predicted octanol–water partition coefficient (Wildman–Crippen LogP) is 2.13. The van der Waals surface area contributed by atoms with E-state index in [1.54, 1.807) is 18.2 Å². The van der Waals surface area contributed by atoms with E-state index in [1.807, 2.05) is 6.07 Å². The minimum atomic E-state index is -1.35. The van der Waals surface area contributed by atoms with Gasteiger partial charge in [-0.3, -0.25) is 0 Å². The zero-order valence-electron chi connectivity index (χ0n) is 7.53. The monoisotopic (exact) mass is 279 g/mol. The Hall–Kier alpha value is -0.580. The van der Waals surface area contributed by atoms with E-state index in [0.717, 1.165) is 0 Å². The van der Waals surface area contributed by atoms with E-state index in [9.17, 15) is 4.79 Å². The van der Waals surface area contributed by atoms with Crippen molar-refractivity contribution in [1.82, 2.24) is 0 Å². The Kier molecular flexibility index (Phi) is 4.58. The van der Waals surface area contributed by atoms with Gasteiger partial charge in [0.15, 0.2) is 0 Å². The van der Waals surface area contributed by atoms with Crippen LogP contribution in [0.4, 0.5) is 0 Å². The van der Waals surface area contributed by atoms with Crippen molar-refractivity contribution >= 4 is 34.3 Å². The molecule has 0 radical (unpaired) electrons. The molecule has 0 aliphatic rings. The summed E-state index contributed by atoms with van der Waals surface area (Å²) in [7, 11) is 0. The Morgan fingerprint density at radius 1 is 1.50 bits per heavy atom. The van der Waals surface area contributed by atoms with Gasteiger partial charge in [0.05, 0.1) is 0 Å². The largest absolute Gasteiger partial charge is 0.480 e. The number of rotatable bonds is 2. The Morgan fingerprint density at radius 2 is 2.00 bits per heavy atom. The molecule has 14 heavy (non-hydrogen) atoms. The summed E-state index contributed by atoms with van der Waals surface area (Å²) in [5, 5.41) is 8.87. The normalized spacial score (nSPS) is 13.9. The molecule has 0 saturated carbocycles. The molecule has 1 unspecified atom stereocenters. The van der Waals surface area contributed by atoms with Gasteiger partial charge < -0.3 is 10.8 Å². The Balaban J connectivity index is 0.00000169. The van der Waals surface area contributed by atoms with Gasteiger partial charge in [-0.2, -0.15) is 0 Å². The molecule has 78 valence electrons. The van der Waals surface area contributed by atoms with Gasteiger partial charge in [-0.15, -0.1) is 12.4 Å². The van der Waals surface area contributed by atoms with Crippen LogP contribution in [-0.4, -0.2) is 11.1 Å². The summed E-state index contributed by atoms with van der Waals surface area (Å²) >= 11 is 3.26. The van der Waals surface area contributed by atoms with Crippen molar-refractivity contribution < 1.29 is 9.90 Å². The van der Waals surface area contributed by atoms with Crippen molar-refractivity contribution in [2.45, 2.75) is 12.5 Å². The Labute approximate surface area is 96.8 Å². The third-order valence-electron chi connectivity index (χ3n) is 1.88. The molecular formula is C9H11BrClNO2. The van der Waals surface area contributed by atoms with Crippen LogP contribution in [0.1, 0.15) is 12.5 Å². The number of nitrogens with two attached hydrogens (primary N) is 1. The Morgan fingerprint density at radius 3 is 2.43 bits per heavy atom. The van der Waals surface area contributed by atoms with Gasteiger partial charge in [0.25, 0.3) is 0 Å². The van der Waals surface area contributed by atoms with Crippen LogP contribution in [0.3, 0.4) is 0 Å². The summed E-state index contributed by atoms with van der Waals surface area (Å²) in [4.78, 5) is 10.8. The summed E-state index contributed by atoms with van der Waals surface area (Å²) < 4.78 is 0.711. The highest BCUT2D eigenvalue weighted by atomic mass is 79.9. The van der Waals surface area contributed by atoms with E-state index in [0.29, 0.717) is 10.0 Å².